The molecule has 274 valence electrons. The van der Waals surface area contributed by atoms with Gasteiger partial charge in [0.2, 0.25) is 0 Å². The van der Waals surface area contributed by atoms with Crippen LogP contribution in [0.2, 0.25) is 0 Å². The smallest absolute Gasteiger partial charge is 0.0991 e. The SMILES string of the molecule is CC1(C)c2ccc(C#N)cc2-c2cc(C34CC5CC(C3)CC(c3ccc6c(-n7c8ccccc8c8c9sc%10ccccc%10c9ccc87)cccc6c3)(C5)C4)ccc21. The lowest BCUT2D eigenvalue weighted by molar-refractivity contribution is -0.0280. The molecule has 7 aromatic carbocycles. The van der Waals surface area contributed by atoms with E-state index in [1.807, 2.05) is 17.4 Å². The maximum atomic E-state index is 9.81. The molecule has 14 rings (SSSR count). The second-order valence-corrected chi connectivity index (χ2v) is 19.8. The lowest BCUT2D eigenvalue weighted by Crippen LogP contribution is -2.55. The zero-order valence-electron chi connectivity index (χ0n) is 32.4. The first-order valence-corrected chi connectivity index (χ1v) is 21.7. The largest absolute Gasteiger partial charge is 0.309 e. The van der Waals surface area contributed by atoms with E-state index in [-0.39, 0.29) is 16.2 Å². The van der Waals surface area contributed by atoms with Gasteiger partial charge in [-0.3, -0.25) is 0 Å². The molecule has 0 amide bonds. The molecule has 4 saturated carbocycles. The van der Waals surface area contributed by atoms with E-state index in [1.165, 1.54) is 125 Å². The topological polar surface area (TPSA) is 28.7 Å². The van der Waals surface area contributed by atoms with Gasteiger partial charge in [-0.15, -0.1) is 11.3 Å². The van der Waals surface area contributed by atoms with Gasteiger partial charge in [-0.25, -0.2) is 0 Å². The fourth-order valence-corrected chi connectivity index (χ4v) is 14.7. The van der Waals surface area contributed by atoms with Gasteiger partial charge in [0, 0.05) is 41.7 Å². The van der Waals surface area contributed by atoms with Crippen LogP contribution in [-0.2, 0) is 16.2 Å². The Bertz CT molecular complexity index is 3260. The van der Waals surface area contributed by atoms with Gasteiger partial charge in [0.15, 0.2) is 0 Å². The van der Waals surface area contributed by atoms with Gasteiger partial charge in [-0.1, -0.05) is 111 Å². The van der Waals surface area contributed by atoms with E-state index in [0.717, 1.165) is 17.4 Å². The highest BCUT2D eigenvalue weighted by molar-refractivity contribution is 7.26. The first-order chi connectivity index (χ1) is 27.8. The van der Waals surface area contributed by atoms with E-state index < -0.39 is 0 Å². The van der Waals surface area contributed by atoms with Crippen LogP contribution in [0.5, 0.6) is 0 Å². The molecule has 2 nitrogen and oxygen atoms in total. The molecule has 2 unspecified atom stereocenters. The second-order valence-electron chi connectivity index (χ2n) is 18.8. The van der Waals surface area contributed by atoms with Crippen LogP contribution in [-0.4, -0.2) is 4.57 Å². The first kappa shape index (κ1) is 32.4. The van der Waals surface area contributed by atoms with Gasteiger partial charge >= 0.3 is 0 Å². The highest BCUT2D eigenvalue weighted by Crippen LogP contribution is 2.67. The van der Waals surface area contributed by atoms with Crippen LogP contribution in [0.25, 0.3) is 69.6 Å². The Morgan fingerprint density at radius 1 is 0.614 bits per heavy atom. The third-order valence-corrected chi connectivity index (χ3v) is 16.6. The Kier molecular flexibility index (Phi) is 6.27. The summed E-state index contributed by atoms with van der Waals surface area (Å²) < 4.78 is 5.26. The van der Waals surface area contributed by atoms with Crippen LogP contribution in [0.4, 0.5) is 0 Å². The van der Waals surface area contributed by atoms with Crippen LogP contribution >= 0.6 is 11.3 Å². The van der Waals surface area contributed by atoms with E-state index >= 15 is 0 Å². The fourth-order valence-electron chi connectivity index (χ4n) is 13.4. The van der Waals surface area contributed by atoms with Gasteiger partial charge in [0.1, 0.15) is 0 Å². The summed E-state index contributed by atoms with van der Waals surface area (Å²) in [6.45, 7) is 4.69. The third kappa shape index (κ3) is 4.25. The molecule has 0 aliphatic heterocycles. The third-order valence-electron chi connectivity index (χ3n) is 15.4. The van der Waals surface area contributed by atoms with Crippen molar-refractivity contribution in [1.29, 1.82) is 5.26 Å². The number of nitriles is 1. The number of para-hydroxylation sites is 1. The van der Waals surface area contributed by atoms with Crippen molar-refractivity contribution in [1.82, 2.24) is 4.57 Å². The summed E-state index contributed by atoms with van der Waals surface area (Å²) in [5, 5.41) is 17.8. The average molecular weight is 751 g/mol. The number of hydrogen-bond donors (Lipinski definition) is 0. The quantitative estimate of drug-likeness (QED) is 0.177. The Morgan fingerprint density at radius 3 is 2.11 bits per heavy atom. The van der Waals surface area contributed by atoms with E-state index in [1.54, 1.807) is 5.56 Å². The molecule has 0 radical (unpaired) electrons. The second kappa shape index (κ2) is 11.0. The van der Waals surface area contributed by atoms with Gasteiger partial charge in [-0.05, 0) is 136 Å². The number of rotatable bonds is 3. The maximum Gasteiger partial charge on any atom is 0.0991 e. The Hall–Kier alpha value is -5.69. The van der Waals surface area contributed by atoms with Crippen LogP contribution < -0.4 is 0 Å². The molecule has 9 aromatic rings. The Balaban J connectivity index is 0.939. The van der Waals surface area contributed by atoms with Crippen molar-refractivity contribution >= 4 is 64.1 Å². The summed E-state index contributed by atoms with van der Waals surface area (Å²) in [6, 6.07) is 53.4. The molecule has 5 aliphatic rings. The molecule has 57 heavy (non-hydrogen) atoms. The summed E-state index contributed by atoms with van der Waals surface area (Å²) in [5.41, 5.74) is 13.3. The van der Waals surface area contributed by atoms with Crippen molar-refractivity contribution in [2.45, 2.75) is 68.6 Å². The first-order valence-electron chi connectivity index (χ1n) is 20.9. The number of hydrogen-bond acceptors (Lipinski definition) is 2. The molecule has 3 heteroatoms. The van der Waals surface area contributed by atoms with Crippen LogP contribution in [0, 0.1) is 23.2 Å². The molecule has 0 N–H and O–H groups in total. The van der Waals surface area contributed by atoms with E-state index in [2.05, 4.69) is 152 Å². The highest BCUT2D eigenvalue weighted by atomic mass is 32.1. The molecule has 2 aromatic heterocycles. The minimum absolute atomic E-state index is 0.0616. The fraction of sp³-hybridized carbons (Fsp3) is 0.241. The summed E-state index contributed by atoms with van der Waals surface area (Å²) in [6.07, 6.45) is 7.83. The van der Waals surface area contributed by atoms with E-state index in [0.29, 0.717) is 0 Å². The summed E-state index contributed by atoms with van der Waals surface area (Å²) in [7, 11) is 0. The standard InChI is InChI=1S/C54H42N2S/c1-52(2)44-19-14-32(30-55)23-42(44)43-25-37(16-20-45(43)52)54-28-33-22-34(29-54)27-53(26-33,31-54)36-15-17-38-35(24-36)8-7-12-46(38)56-47-11-5-3-10-41(47)50-48(56)21-18-40-39-9-4-6-13-49(39)57-51(40)50/h3-21,23-25,33-34H,22,26-29,31H2,1-2H3. The number of fused-ring (bicyclic) bond motifs is 11. The minimum Gasteiger partial charge on any atom is -0.309 e. The van der Waals surface area contributed by atoms with Crippen LogP contribution in [0.3, 0.4) is 0 Å². The number of thiophene rings is 1. The van der Waals surface area contributed by atoms with Gasteiger partial charge < -0.3 is 4.57 Å². The maximum absolute atomic E-state index is 9.81. The molecule has 4 bridgehead atoms. The molecule has 0 saturated heterocycles. The zero-order valence-corrected chi connectivity index (χ0v) is 33.2. The lowest BCUT2D eigenvalue weighted by Gasteiger charge is -2.63. The molecule has 4 fully saturated rings. The normalized spacial score (nSPS) is 24.2. The number of aromatic nitrogens is 1. The molecule has 5 aliphatic carbocycles. The van der Waals surface area contributed by atoms with Crippen LogP contribution in [0.1, 0.15) is 80.2 Å². The highest BCUT2D eigenvalue weighted by Gasteiger charge is 2.59. The number of nitrogens with zero attached hydrogens (tertiary/aromatic N) is 2. The van der Waals surface area contributed by atoms with Crippen molar-refractivity contribution in [2.75, 3.05) is 0 Å². The van der Waals surface area contributed by atoms with Crippen molar-refractivity contribution in [3.8, 4) is 22.9 Å². The Labute approximate surface area is 337 Å². The van der Waals surface area contributed by atoms with Crippen molar-refractivity contribution in [3.05, 3.63) is 161 Å². The summed E-state index contributed by atoms with van der Waals surface area (Å²) in [5.74, 6) is 1.53. The predicted molar refractivity (Wildman–Crippen MR) is 238 cm³/mol. The molecular weight excluding hydrogens is 709 g/mol. The average Bonchev–Trinajstić information content (AvgIpc) is 3.85. The molecule has 2 atom stereocenters. The van der Waals surface area contributed by atoms with E-state index in [4.69, 9.17) is 0 Å². The van der Waals surface area contributed by atoms with Gasteiger partial charge in [-0.2, -0.15) is 5.26 Å². The predicted octanol–water partition coefficient (Wildman–Crippen LogP) is 14.3. The van der Waals surface area contributed by atoms with Gasteiger partial charge in [0.05, 0.1) is 28.4 Å². The minimum atomic E-state index is -0.0616. The van der Waals surface area contributed by atoms with Gasteiger partial charge in [0.25, 0.3) is 0 Å². The van der Waals surface area contributed by atoms with Crippen LogP contribution in [0.15, 0.2) is 133 Å². The van der Waals surface area contributed by atoms with Crippen molar-refractivity contribution < 1.29 is 0 Å². The van der Waals surface area contributed by atoms with E-state index in [9.17, 15) is 5.26 Å². The Morgan fingerprint density at radius 2 is 1.30 bits per heavy atom. The van der Waals surface area contributed by atoms with Crippen molar-refractivity contribution in [3.63, 3.8) is 0 Å². The molecular formula is C54H42N2S. The number of benzene rings is 7. The lowest BCUT2D eigenvalue weighted by atomic mass is 9.41. The molecule has 0 spiro atoms. The summed E-state index contributed by atoms with van der Waals surface area (Å²) >= 11 is 1.92. The monoisotopic (exact) mass is 750 g/mol. The molecule has 2 heterocycles. The summed E-state index contributed by atoms with van der Waals surface area (Å²) in [4.78, 5) is 0. The van der Waals surface area contributed by atoms with Crippen molar-refractivity contribution in [2.24, 2.45) is 11.8 Å². The zero-order chi connectivity index (χ0) is 37.8.